The summed E-state index contributed by atoms with van der Waals surface area (Å²) in [5, 5.41) is 0. The van der Waals surface area contributed by atoms with Crippen LogP contribution in [0.15, 0.2) is 53.5 Å². The lowest BCUT2D eigenvalue weighted by atomic mass is 10.1. The van der Waals surface area contributed by atoms with Gasteiger partial charge in [-0.1, -0.05) is 30.3 Å². The van der Waals surface area contributed by atoms with E-state index in [1.807, 2.05) is 44.2 Å². The Morgan fingerprint density at radius 2 is 1.94 bits per heavy atom. The van der Waals surface area contributed by atoms with E-state index >= 15 is 4.39 Å². The first-order chi connectivity index (χ1) is 15.3. The van der Waals surface area contributed by atoms with Crippen LogP contribution < -0.4 is 16.0 Å². The number of benzene rings is 2. The highest BCUT2D eigenvalue weighted by molar-refractivity contribution is 7.99. The molecule has 0 atom stereocenters. The van der Waals surface area contributed by atoms with Gasteiger partial charge in [0.2, 0.25) is 5.95 Å². The molecular formula is C23H23FN6OS. The van der Waals surface area contributed by atoms with Crippen molar-refractivity contribution >= 4 is 34.7 Å². The molecule has 164 valence electrons. The van der Waals surface area contributed by atoms with Gasteiger partial charge in [-0.05, 0) is 56.0 Å². The van der Waals surface area contributed by atoms with Crippen LogP contribution in [0.25, 0.3) is 22.4 Å². The van der Waals surface area contributed by atoms with Gasteiger partial charge in [0, 0.05) is 17.4 Å². The van der Waals surface area contributed by atoms with Gasteiger partial charge in [-0.15, -0.1) is 0 Å². The van der Waals surface area contributed by atoms with Gasteiger partial charge in [0.05, 0.1) is 11.9 Å². The number of anilines is 2. The highest BCUT2D eigenvalue weighted by Crippen LogP contribution is 2.29. The van der Waals surface area contributed by atoms with Crippen LogP contribution in [0.5, 0.6) is 0 Å². The molecule has 32 heavy (non-hydrogen) atoms. The molecule has 0 spiro atoms. The van der Waals surface area contributed by atoms with Crippen LogP contribution in [0, 0.1) is 12.7 Å². The molecule has 0 aliphatic heterocycles. The average molecular weight is 451 g/mol. The minimum atomic E-state index is -0.452. The third kappa shape index (κ3) is 4.29. The molecule has 2 aromatic carbocycles. The number of nitrogens with zero attached hydrogens (tertiary/aromatic N) is 4. The van der Waals surface area contributed by atoms with E-state index in [2.05, 4.69) is 19.7 Å². The van der Waals surface area contributed by atoms with Gasteiger partial charge in [-0.25, -0.2) is 14.4 Å². The van der Waals surface area contributed by atoms with E-state index in [1.54, 1.807) is 13.0 Å². The van der Waals surface area contributed by atoms with E-state index in [1.165, 1.54) is 28.8 Å². The zero-order valence-corrected chi connectivity index (χ0v) is 18.8. The van der Waals surface area contributed by atoms with Crippen LogP contribution in [-0.4, -0.2) is 19.5 Å². The summed E-state index contributed by atoms with van der Waals surface area (Å²) >= 11 is 1.40. The van der Waals surface area contributed by atoms with Crippen molar-refractivity contribution in [2.24, 2.45) is 0 Å². The van der Waals surface area contributed by atoms with Crippen LogP contribution >= 0.6 is 11.9 Å². The summed E-state index contributed by atoms with van der Waals surface area (Å²) in [4.78, 5) is 25.8. The zero-order chi connectivity index (χ0) is 22.8. The molecule has 0 fully saturated rings. The predicted molar refractivity (Wildman–Crippen MR) is 128 cm³/mol. The summed E-state index contributed by atoms with van der Waals surface area (Å²) in [6.07, 6.45) is 1.47. The smallest absolute Gasteiger partial charge is 0.278 e. The Hall–Kier alpha value is -3.46. The maximum atomic E-state index is 15.0. The van der Waals surface area contributed by atoms with Crippen LogP contribution in [0.2, 0.25) is 0 Å². The first-order valence-electron chi connectivity index (χ1n) is 10.1. The van der Waals surface area contributed by atoms with Crippen molar-refractivity contribution in [2.75, 3.05) is 10.5 Å². The first kappa shape index (κ1) is 21.8. The first-order valence-corrected chi connectivity index (χ1v) is 11.1. The minimum Gasteiger partial charge on any atom is -0.368 e. The number of rotatable bonds is 6. The van der Waals surface area contributed by atoms with Crippen LogP contribution in [0.3, 0.4) is 0 Å². The molecule has 3 N–H and O–H groups in total. The maximum Gasteiger partial charge on any atom is 0.278 e. The SMILES string of the molecule is Cc1cc(-c2nc3cnc(N)nc3n(C(C)C)c2=O)cc(F)c1NSCc1ccccc1. The van der Waals surface area contributed by atoms with Crippen molar-refractivity contribution < 1.29 is 4.39 Å². The van der Waals surface area contributed by atoms with Gasteiger partial charge >= 0.3 is 0 Å². The number of nitrogens with two attached hydrogens (primary N) is 1. The zero-order valence-electron chi connectivity index (χ0n) is 18.0. The van der Waals surface area contributed by atoms with Gasteiger partial charge in [-0.2, -0.15) is 4.98 Å². The summed E-state index contributed by atoms with van der Waals surface area (Å²) in [7, 11) is 0. The Balaban J connectivity index is 1.70. The Labute approximate surface area is 189 Å². The second-order valence-corrected chi connectivity index (χ2v) is 8.47. The molecule has 0 bridgehead atoms. The highest BCUT2D eigenvalue weighted by Gasteiger charge is 2.19. The van der Waals surface area contributed by atoms with Gasteiger partial charge in [-0.3, -0.25) is 9.36 Å². The number of hydrogen-bond donors (Lipinski definition) is 2. The van der Waals surface area contributed by atoms with E-state index in [0.717, 1.165) is 5.56 Å². The topological polar surface area (TPSA) is 98.7 Å². The molecule has 0 unspecified atom stereocenters. The van der Waals surface area contributed by atoms with Crippen LogP contribution in [-0.2, 0) is 5.75 Å². The lowest BCUT2D eigenvalue weighted by Crippen LogP contribution is -2.26. The third-order valence-corrected chi connectivity index (χ3v) is 5.81. The predicted octanol–water partition coefficient (Wildman–Crippen LogP) is 4.72. The number of hydrogen-bond acceptors (Lipinski definition) is 7. The fourth-order valence-electron chi connectivity index (χ4n) is 3.46. The number of nitrogen functional groups attached to an aromatic ring is 1. The summed E-state index contributed by atoms with van der Waals surface area (Å²) < 4.78 is 19.6. The van der Waals surface area contributed by atoms with Crippen molar-refractivity contribution in [3.8, 4) is 11.3 Å². The van der Waals surface area contributed by atoms with Crippen LogP contribution in [0.1, 0.15) is 31.0 Å². The quantitative estimate of drug-likeness (QED) is 0.410. The monoisotopic (exact) mass is 450 g/mol. The van der Waals surface area contributed by atoms with Gasteiger partial charge in [0.15, 0.2) is 5.65 Å². The number of halogens is 1. The molecule has 4 aromatic rings. The van der Waals surface area contributed by atoms with Crippen LogP contribution in [0.4, 0.5) is 16.0 Å². The summed E-state index contributed by atoms with van der Waals surface area (Å²) in [6, 6.07) is 12.8. The lowest BCUT2D eigenvalue weighted by molar-refractivity contribution is 0.593. The molecule has 0 aliphatic carbocycles. The Bertz CT molecular complexity index is 1320. The highest BCUT2D eigenvalue weighted by atomic mass is 32.2. The van der Waals surface area contributed by atoms with Gasteiger partial charge < -0.3 is 10.5 Å². The normalized spacial score (nSPS) is 11.3. The summed E-state index contributed by atoms with van der Waals surface area (Å²) in [6.45, 7) is 5.53. The second-order valence-electron chi connectivity index (χ2n) is 7.69. The van der Waals surface area contributed by atoms with E-state index in [9.17, 15) is 4.79 Å². The molecule has 0 saturated carbocycles. The maximum absolute atomic E-state index is 15.0. The molecule has 4 rings (SSSR count). The number of aryl methyl sites for hydroxylation is 1. The molecule has 0 amide bonds. The molecule has 2 aromatic heterocycles. The third-order valence-electron chi connectivity index (χ3n) is 4.98. The molecule has 2 heterocycles. The van der Waals surface area contributed by atoms with Crippen molar-refractivity contribution in [2.45, 2.75) is 32.6 Å². The molecular weight excluding hydrogens is 427 g/mol. The fourth-order valence-corrected chi connectivity index (χ4v) is 4.29. The van der Waals surface area contributed by atoms with E-state index in [4.69, 9.17) is 5.73 Å². The molecule has 7 nitrogen and oxygen atoms in total. The van der Waals surface area contributed by atoms with Crippen molar-refractivity contribution in [3.05, 3.63) is 76.0 Å². The van der Waals surface area contributed by atoms with Gasteiger partial charge in [0.1, 0.15) is 17.0 Å². The summed E-state index contributed by atoms with van der Waals surface area (Å²) in [5.74, 6) is 0.299. The van der Waals surface area contributed by atoms with Crippen molar-refractivity contribution in [1.82, 2.24) is 19.5 Å². The number of fused-ring (bicyclic) bond motifs is 1. The Morgan fingerprint density at radius 3 is 2.62 bits per heavy atom. The van der Waals surface area contributed by atoms with Crippen molar-refractivity contribution in [1.29, 1.82) is 0 Å². The second kappa shape index (κ2) is 8.96. The Morgan fingerprint density at radius 1 is 1.19 bits per heavy atom. The Kier molecular flexibility index (Phi) is 6.09. The summed E-state index contributed by atoms with van der Waals surface area (Å²) in [5.41, 5.74) is 8.85. The average Bonchev–Trinajstić information content (AvgIpc) is 2.75. The molecule has 9 heteroatoms. The number of nitrogens with one attached hydrogen (secondary N) is 1. The van der Waals surface area contributed by atoms with E-state index in [-0.39, 0.29) is 23.2 Å². The standard InChI is InChI=1S/C23H23FN6OS/c1-13(2)30-21-18(11-26-23(25)28-21)27-20(22(30)31)16-9-14(3)19(17(24)10-16)29-32-12-15-7-5-4-6-8-15/h4-11,13,29H,12H2,1-3H3,(H2,25,26,28). The van der Waals surface area contributed by atoms with E-state index < -0.39 is 5.82 Å². The molecule has 0 saturated heterocycles. The van der Waals surface area contributed by atoms with Crippen molar-refractivity contribution in [3.63, 3.8) is 0 Å². The minimum absolute atomic E-state index is 0.0613. The number of aromatic nitrogens is 4. The fraction of sp³-hybridized carbons (Fsp3) is 0.217. The molecule has 0 aliphatic rings. The lowest BCUT2D eigenvalue weighted by Gasteiger charge is -2.16. The van der Waals surface area contributed by atoms with Gasteiger partial charge in [0.25, 0.3) is 5.56 Å². The van der Waals surface area contributed by atoms with E-state index in [0.29, 0.717) is 33.7 Å². The molecule has 0 radical (unpaired) electrons. The largest absolute Gasteiger partial charge is 0.368 e.